The number of halogens is 1. The van der Waals surface area contributed by atoms with Crippen LogP contribution in [-0.4, -0.2) is 48.5 Å². The molecule has 1 atom stereocenters. The summed E-state index contributed by atoms with van der Waals surface area (Å²) in [6, 6.07) is 0. The normalized spacial score (nSPS) is 15.9. The molecule has 0 bridgehead atoms. The first-order valence-corrected chi connectivity index (χ1v) is 7.39. The standard InChI is InChI=1S/C9H22ClN2O2P/c1-5-11(6-2)15(13,14-4)12(7-3)9-8-10/h5-9H2,1-4H3. The smallest absolute Gasteiger partial charge is 0.309 e. The number of rotatable bonds is 8. The Morgan fingerprint density at radius 3 is 1.87 bits per heavy atom. The lowest BCUT2D eigenvalue weighted by molar-refractivity contribution is 0.251. The van der Waals surface area contributed by atoms with E-state index in [1.54, 1.807) is 0 Å². The molecule has 0 aromatic rings. The molecule has 0 heterocycles. The highest BCUT2D eigenvalue weighted by molar-refractivity contribution is 7.53. The number of nitrogens with zero attached hydrogens (tertiary/aromatic N) is 2. The van der Waals surface area contributed by atoms with Gasteiger partial charge in [0, 0.05) is 39.2 Å². The maximum absolute atomic E-state index is 12.6. The van der Waals surface area contributed by atoms with Crippen molar-refractivity contribution in [2.75, 3.05) is 39.2 Å². The molecule has 0 rings (SSSR count). The first-order valence-electron chi connectivity index (χ1n) is 5.33. The lowest BCUT2D eigenvalue weighted by Crippen LogP contribution is -2.33. The number of hydrogen-bond acceptors (Lipinski definition) is 2. The summed E-state index contributed by atoms with van der Waals surface area (Å²) in [7, 11) is -1.36. The third-order valence-electron chi connectivity index (χ3n) is 2.39. The van der Waals surface area contributed by atoms with Gasteiger partial charge in [0.25, 0.3) is 0 Å². The van der Waals surface area contributed by atoms with Crippen LogP contribution in [0.1, 0.15) is 20.8 Å². The molecular weight excluding hydrogens is 235 g/mol. The summed E-state index contributed by atoms with van der Waals surface area (Å²) in [6.45, 7) is 8.59. The van der Waals surface area contributed by atoms with E-state index in [2.05, 4.69) is 0 Å². The zero-order chi connectivity index (χ0) is 11.9. The van der Waals surface area contributed by atoms with Gasteiger partial charge in [0.15, 0.2) is 0 Å². The highest BCUT2D eigenvalue weighted by Gasteiger charge is 2.34. The van der Waals surface area contributed by atoms with Gasteiger partial charge in [0.2, 0.25) is 0 Å². The zero-order valence-electron chi connectivity index (χ0n) is 10.1. The van der Waals surface area contributed by atoms with Crippen LogP contribution >= 0.6 is 19.3 Å². The number of alkyl halides is 1. The minimum absolute atomic E-state index is 0.461. The molecule has 0 saturated heterocycles. The Morgan fingerprint density at radius 1 is 1.13 bits per heavy atom. The van der Waals surface area contributed by atoms with Gasteiger partial charge in [0.1, 0.15) is 0 Å². The second-order valence-corrected chi connectivity index (χ2v) is 5.90. The lowest BCUT2D eigenvalue weighted by Gasteiger charge is -2.35. The fraction of sp³-hybridized carbons (Fsp3) is 1.00. The maximum atomic E-state index is 12.6. The van der Waals surface area contributed by atoms with Gasteiger partial charge in [0.05, 0.1) is 0 Å². The molecule has 0 aromatic heterocycles. The van der Waals surface area contributed by atoms with Gasteiger partial charge in [-0.2, -0.15) is 0 Å². The molecule has 0 saturated carbocycles. The number of hydrogen-bond donors (Lipinski definition) is 0. The summed E-state index contributed by atoms with van der Waals surface area (Å²) < 4.78 is 21.5. The summed E-state index contributed by atoms with van der Waals surface area (Å²) in [6.07, 6.45) is 0. The van der Waals surface area contributed by atoms with E-state index in [4.69, 9.17) is 16.1 Å². The fourth-order valence-corrected chi connectivity index (χ4v) is 4.12. The average molecular weight is 257 g/mol. The molecule has 0 N–H and O–H groups in total. The van der Waals surface area contributed by atoms with Gasteiger partial charge in [-0.05, 0) is 0 Å². The first kappa shape index (κ1) is 15.4. The molecule has 1 unspecified atom stereocenters. The van der Waals surface area contributed by atoms with Crippen molar-refractivity contribution in [3.8, 4) is 0 Å². The van der Waals surface area contributed by atoms with Crippen molar-refractivity contribution in [2.45, 2.75) is 20.8 Å². The first-order chi connectivity index (χ1) is 7.10. The molecule has 0 radical (unpaired) electrons. The van der Waals surface area contributed by atoms with E-state index in [1.807, 2.05) is 30.1 Å². The monoisotopic (exact) mass is 256 g/mol. The van der Waals surface area contributed by atoms with Crippen molar-refractivity contribution in [3.63, 3.8) is 0 Å². The quantitative estimate of drug-likeness (QED) is 0.494. The average Bonchev–Trinajstić information content (AvgIpc) is 2.27. The van der Waals surface area contributed by atoms with Crippen LogP contribution in [0.2, 0.25) is 0 Å². The summed E-state index contributed by atoms with van der Waals surface area (Å²) >= 11 is 5.69. The predicted octanol–water partition coefficient (Wildman–Crippen LogP) is 2.64. The van der Waals surface area contributed by atoms with Gasteiger partial charge in [-0.3, -0.25) is 4.57 Å². The van der Waals surface area contributed by atoms with E-state index >= 15 is 0 Å². The Hall–Kier alpha value is 0.400. The Morgan fingerprint density at radius 2 is 1.60 bits per heavy atom. The van der Waals surface area contributed by atoms with Crippen LogP contribution in [-0.2, 0) is 9.09 Å². The van der Waals surface area contributed by atoms with Gasteiger partial charge >= 0.3 is 7.67 Å². The molecule has 4 nitrogen and oxygen atoms in total. The molecule has 92 valence electrons. The maximum Gasteiger partial charge on any atom is 0.345 e. The Labute approximate surface area is 98.1 Å². The SMILES string of the molecule is CCN(CC)P(=O)(OC)N(CC)CCCl. The van der Waals surface area contributed by atoms with Crippen LogP contribution in [0.5, 0.6) is 0 Å². The van der Waals surface area contributed by atoms with Gasteiger partial charge in [-0.15, -0.1) is 11.6 Å². The molecule has 0 aromatic carbocycles. The Balaban J connectivity index is 4.85. The third-order valence-corrected chi connectivity index (χ3v) is 5.51. The second kappa shape index (κ2) is 7.64. The van der Waals surface area contributed by atoms with E-state index in [0.717, 1.165) is 0 Å². The van der Waals surface area contributed by atoms with Crippen LogP contribution in [0.4, 0.5) is 0 Å². The zero-order valence-corrected chi connectivity index (χ0v) is 11.7. The van der Waals surface area contributed by atoms with E-state index in [-0.39, 0.29) is 0 Å². The molecule has 0 aliphatic carbocycles. The van der Waals surface area contributed by atoms with E-state index < -0.39 is 7.67 Å². The topological polar surface area (TPSA) is 32.8 Å². The van der Waals surface area contributed by atoms with Crippen molar-refractivity contribution in [1.29, 1.82) is 0 Å². The Kier molecular flexibility index (Phi) is 7.84. The molecule has 0 fully saturated rings. The van der Waals surface area contributed by atoms with Crippen molar-refractivity contribution in [1.82, 2.24) is 9.34 Å². The molecule has 0 aliphatic heterocycles. The molecule has 6 heteroatoms. The molecule has 0 amide bonds. The van der Waals surface area contributed by atoms with Crippen LogP contribution in [0, 0.1) is 0 Å². The van der Waals surface area contributed by atoms with Crippen molar-refractivity contribution < 1.29 is 9.09 Å². The summed E-state index contributed by atoms with van der Waals surface area (Å²) in [4.78, 5) is 0. The van der Waals surface area contributed by atoms with Crippen LogP contribution in [0.3, 0.4) is 0 Å². The molecule has 0 aliphatic rings. The third kappa shape index (κ3) is 3.72. The Bertz CT molecular complexity index is 212. The fourth-order valence-electron chi connectivity index (χ4n) is 1.55. The van der Waals surface area contributed by atoms with E-state index in [1.165, 1.54) is 7.11 Å². The minimum Gasteiger partial charge on any atom is -0.309 e. The van der Waals surface area contributed by atoms with Crippen LogP contribution in [0.15, 0.2) is 0 Å². The van der Waals surface area contributed by atoms with Crippen molar-refractivity contribution >= 4 is 19.3 Å². The summed E-state index contributed by atoms with van der Waals surface area (Å²) in [5, 5.41) is 0. The van der Waals surface area contributed by atoms with E-state index in [0.29, 0.717) is 32.1 Å². The van der Waals surface area contributed by atoms with Crippen molar-refractivity contribution in [3.05, 3.63) is 0 Å². The van der Waals surface area contributed by atoms with Gasteiger partial charge in [-0.1, -0.05) is 20.8 Å². The minimum atomic E-state index is -2.85. The highest BCUT2D eigenvalue weighted by atomic mass is 35.5. The van der Waals surface area contributed by atoms with Gasteiger partial charge in [-0.25, -0.2) is 9.34 Å². The second-order valence-electron chi connectivity index (χ2n) is 3.05. The van der Waals surface area contributed by atoms with Crippen LogP contribution in [0.25, 0.3) is 0 Å². The van der Waals surface area contributed by atoms with E-state index in [9.17, 15) is 4.57 Å². The summed E-state index contributed by atoms with van der Waals surface area (Å²) in [5.74, 6) is 0.461. The largest absolute Gasteiger partial charge is 0.345 e. The molecule has 15 heavy (non-hydrogen) atoms. The molecular formula is C9H22ClN2O2P. The van der Waals surface area contributed by atoms with Crippen LogP contribution < -0.4 is 0 Å². The highest BCUT2D eigenvalue weighted by Crippen LogP contribution is 2.52. The lowest BCUT2D eigenvalue weighted by atomic mass is 10.7. The van der Waals surface area contributed by atoms with Crippen molar-refractivity contribution in [2.24, 2.45) is 0 Å². The predicted molar refractivity (Wildman–Crippen MR) is 65.5 cm³/mol. The summed E-state index contributed by atoms with van der Waals surface area (Å²) in [5.41, 5.74) is 0. The molecule has 0 spiro atoms. The van der Waals surface area contributed by atoms with Gasteiger partial charge < -0.3 is 4.52 Å².